The van der Waals surface area contributed by atoms with Crippen LogP contribution in [-0.2, 0) is 28.7 Å². The number of anilines is 1. The summed E-state index contributed by atoms with van der Waals surface area (Å²) in [5, 5.41) is 2.58. The Bertz CT molecular complexity index is 975. The van der Waals surface area contributed by atoms with Crippen molar-refractivity contribution in [2.45, 2.75) is 46.1 Å². The largest absolute Gasteiger partial charge is 0.462 e. The molecule has 4 rings (SSSR count). The lowest BCUT2D eigenvalue weighted by molar-refractivity contribution is -0.159. The second-order valence-corrected chi connectivity index (χ2v) is 9.83. The molecule has 2 aliphatic carbocycles. The van der Waals surface area contributed by atoms with Crippen LogP contribution in [0.4, 0.5) is 5.69 Å². The van der Waals surface area contributed by atoms with Gasteiger partial charge >= 0.3 is 11.9 Å². The highest BCUT2D eigenvalue weighted by molar-refractivity contribution is 6.08. The second kappa shape index (κ2) is 9.56. The summed E-state index contributed by atoms with van der Waals surface area (Å²) >= 11 is 0. The molecule has 1 aliphatic heterocycles. The molecule has 9 nitrogen and oxygen atoms in total. The van der Waals surface area contributed by atoms with Gasteiger partial charge in [0.2, 0.25) is 11.8 Å². The van der Waals surface area contributed by atoms with E-state index in [1.807, 2.05) is 13.8 Å². The number of hydrogen-bond donors (Lipinski definition) is 1. The fourth-order valence-corrected chi connectivity index (χ4v) is 5.39. The molecule has 1 aromatic rings. The van der Waals surface area contributed by atoms with Gasteiger partial charge in [-0.1, -0.05) is 13.8 Å². The van der Waals surface area contributed by atoms with E-state index < -0.39 is 30.5 Å². The third-order valence-electron chi connectivity index (χ3n) is 6.99. The van der Waals surface area contributed by atoms with Crippen molar-refractivity contribution >= 4 is 35.3 Å². The molecule has 5 atom stereocenters. The van der Waals surface area contributed by atoms with Gasteiger partial charge in [0.15, 0.2) is 6.61 Å². The number of amides is 3. The SMILES string of the molecule is CC(C)COC(=O)c1ccc(NC(=O)COC(=O)[C@H](C)N2C(=O)[C@@H]3[C@H]4CC[C@@H](C4)[C@H]3C2=O)cc1. The molecule has 0 unspecified atom stereocenters. The van der Waals surface area contributed by atoms with E-state index in [1.54, 1.807) is 12.1 Å². The van der Waals surface area contributed by atoms with Crippen LogP contribution in [0.3, 0.4) is 0 Å². The predicted octanol–water partition coefficient (Wildman–Crippen LogP) is 2.40. The zero-order chi connectivity index (χ0) is 24.6. The molecule has 9 heteroatoms. The van der Waals surface area contributed by atoms with Crippen LogP contribution in [-0.4, -0.2) is 53.8 Å². The molecule has 3 amide bonds. The van der Waals surface area contributed by atoms with Gasteiger partial charge in [0, 0.05) is 5.69 Å². The summed E-state index contributed by atoms with van der Waals surface area (Å²) in [6.45, 7) is 5.09. The zero-order valence-corrected chi connectivity index (χ0v) is 19.6. The molecule has 34 heavy (non-hydrogen) atoms. The van der Waals surface area contributed by atoms with Gasteiger partial charge in [0.25, 0.3) is 5.91 Å². The summed E-state index contributed by atoms with van der Waals surface area (Å²) in [6, 6.07) is 5.07. The average Bonchev–Trinajstić information content (AvgIpc) is 3.49. The molecular formula is C25H30N2O7. The molecule has 1 saturated heterocycles. The van der Waals surface area contributed by atoms with Crippen LogP contribution in [0.1, 0.15) is 50.4 Å². The number of hydrogen-bond acceptors (Lipinski definition) is 7. The van der Waals surface area contributed by atoms with Crippen LogP contribution >= 0.6 is 0 Å². The highest BCUT2D eigenvalue weighted by Crippen LogP contribution is 2.56. The van der Waals surface area contributed by atoms with E-state index in [0.29, 0.717) is 17.9 Å². The summed E-state index contributed by atoms with van der Waals surface area (Å²) in [5.41, 5.74) is 0.778. The summed E-state index contributed by atoms with van der Waals surface area (Å²) in [7, 11) is 0. The van der Waals surface area contributed by atoms with E-state index in [0.717, 1.165) is 24.2 Å². The number of fused-ring (bicyclic) bond motifs is 5. The van der Waals surface area contributed by atoms with E-state index in [1.165, 1.54) is 19.1 Å². The van der Waals surface area contributed by atoms with Crippen LogP contribution in [0.5, 0.6) is 0 Å². The van der Waals surface area contributed by atoms with Gasteiger partial charge in [-0.2, -0.15) is 0 Å². The summed E-state index contributed by atoms with van der Waals surface area (Å²) in [5.74, 6) is -2.33. The van der Waals surface area contributed by atoms with Crippen molar-refractivity contribution in [3.8, 4) is 0 Å². The monoisotopic (exact) mass is 470 g/mol. The molecular weight excluding hydrogens is 440 g/mol. The van der Waals surface area contributed by atoms with Gasteiger partial charge in [-0.3, -0.25) is 19.3 Å². The Morgan fingerprint density at radius 1 is 0.971 bits per heavy atom. The minimum atomic E-state index is -1.08. The van der Waals surface area contributed by atoms with E-state index >= 15 is 0 Å². The van der Waals surface area contributed by atoms with E-state index in [-0.39, 0.29) is 41.4 Å². The summed E-state index contributed by atoms with van der Waals surface area (Å²) in [4.78, 5) is 63.4. The molecule has 2 bridgehead atoms. The van der Waals surface area contributed by atoms with E-state index in [2.05, 4.69) is 5.32 Å². The zero-order valence-electron chi connectivity index (χ0n) is 19.6. The number of nitrogens with zero attached hydrogens (tertiary/aromatic N) is 1. The standard InChI is InChI=1S/C25H30N2O7/c1-13(2)11-33-25(32)15-6-8-18(9-7-15)26-19(28)12-34-24(31)14(3)27-22(29)20-16-4-5-17(10-16)21(20)23(27)30/h6-9,13-14,16-17,20-21H,4-5,10-12H2,1-3H3,(H,26,28)/t14-,16-,17-,20+,21+/m0/s1. The van der Waals surface area contributed by atoms with Gasteiger partial charge in [0.05, 0.1) is 24.0 Å². The van der Waals surface area contributed by atoms with Crippen LogP contribution < -0.4 is 5.32 Å². The number of carbonyl (C=O) groups is 5. The summed E-state index contributed by atoms with van der Waals surface area (Å²) in [6.07, 6.45) is 2.83. The Morgan fingerprint density at radius 2 is 1.56 bits per heavy atom. The second-order valence-electron chi connectivity index (χ2n) is 9.83. The normalized spacial score (nSPS) is 25.9. The smallest absolute Gasteiger partial charge is 0.338 e. The molecule has 0 aromatic heterocycles. The molecule has 182 valence electrons. The number of esters is 2. The minimum Gasteiger partial charge on any atom is -0.462 e. The lowest BCUT2D eigenvalue weighted by atomic mass is 9.81. The van der Waals surface area contributed by atoms with Crippen LogP contribution in [0.2, 0.25) is 0 Å². The van der Waals surface area contributed by atoms with Crippen molar-refractivity contribution in [1.82, 2.24) is 4.90 Å². The fourth-order valence-electron chi connectivity index (χ4n) is 5.39. The Labute approximate surface area is 198 Å². The lowest BCUT2D eigenvalue weighted by Crippen LogP contribution is -2.45. The number of likely N-dealkylation sites (tertiary alicyclic amines) is 1. The van der Waals surface area contributed by atoms with Gasteiger partial charge in [0.1, 0.15) is 6.04 Å². The molecule has 3 fully saturated rings. The molecule has 1 N–H and O–H groups in total. The number of ether oxygens (including phenoxy) is 2. The van der Waals surface area contributed by atoms with Crippen molar-refractivity contribution in [2.75, 3.05) is 18.5 Å². The first-order chi connectivity index (χ1) is 16.2. The number of rotatable bonds is 8. The lowest BCUT2D eigenvalue weighted by Gasteiger charge is -2.23. The maximum atomic E-state index is 12.8. The van der Waals surface area contributed by atoms with Gasteiger partial charge in [-0.25, -0.2) is 9.59 Å². The third kappa shape index (κ3) is 4.56. The molecule has 0 radical (unpaired) electrons. The molecule has 3 aliphatic rings. The Hall–Kier alpha value is -3.23. The fraction of sp³-hybridized carbons (Fsp3) is 0.560. The Balaban J connectivity index is 1.26. The average molecular weight is 471 g/mol. The van der Waals surface area contributed by atoms with E-state index in [4.69, 9.17) is 9.47 Å². The molecule has 2 saturated carbocycles. The molecule has 1 heterocycles. The first-order valence-corrected chi connectivity index (χ1v) is 11.8. The predicted molar refractivity (Wildman–Crippen MR) is 120 cm³/mol. The van der Waals surface area contributed by atoms with Crippen molar-refractivity contribution in [1.29, 1.82) is 0 Å². The highest BCUT2D eigenvalue weighted by Gasteiger charge is 2.62. The van der Waals surface area contributed by atoms with Crippen molar-refractivity contribution in [3.63, 3.8) is 0 Å². The summed E-state index contributed by atoms with van der Waals surface area (Å²) < 4.78 is 10.2. The van der Waals surface area contributed by atoms with Crippen molar-refractivity contribution in [3.05, 3.63) is 29.8 Å². The van der Waals surface area contributed by atoms with Crippen molar-refractivity contribution < 1.29 is 33.4 Å². The number of benzene rings is 1. The van der Waals surface area contributed by atoms with Gasteiger partial charge in [-0.15, -0.1) is 0 Å². The van der Waals surface area contributed by atoms with Crippen LogP contribution in [0, 0.1) is 29.6 Å². The van der Waals surface area contributed by atoms with Gasteiger partial charge < -0.3 is 14.8 Å². The Kier molecular flexibility index (Phi) is 6.72. The maximum absolute atomic E-state index is 12.8. The Morgan fingerprint density at radius 3 is 2.12 bits per heavy atom. The molecule has 1 aromatic carbocycles. The topological polar surface area (TPSA) is 119 Å². The van der Waals surface area contributed by atoms with Crippen LogP contribution in [0.15, 0.2) is 24.3 Å². The molecule has 0 spiro atoms. The van der Waals surface area contributed by atoms with Gasteiger partial charge in [-0.05, 0) is 68.2 Å². The maximum Gasteiger partial charge on any atom is 0.338 e. The van der Waals surface area contributed by atoms with Crippen molar-refractivity contribution in [2.24, 2.45) is 29.6 Å². The minimum absolute atomic E-state index is 0.226. The number of imide groups is 1. The highest BCUT2D eigenvalue weighted by atomic mass is 16.5. The van der Waals surface area contributed by atoms with E-state index in [9.17, 15) is 24.0 Å². The first kappa shape index (κ1) is 23.9. The number of nitrogens with one attached hydrogen (secondary N) is 1. The number of carbonyl (C=O) groups excluding carboxylic acids is 5. The third-order valence-corrected chi connectivity index (χ3v) is 6.99. The van der Waals surface area contributed by atoms with Crippen LogP contribution in [0.25, 0.3) is 0 Å². The quantitative estimate of drug-likeness (QED) is 0.458. The first-order valence-electron chi connectivity index (χ1n) is 11.8.